The van der Waals surface area contributed by atoms with Crippen LogP contribution >= 0.6 is 0 Å². The van der Waals surface area contributed by atoms with E-state index in [1.807, 2.05) is 30.3 Å². The number of nitrogens with one attached hydrogen (secondary N) is 2. The summed E-state index contributed by atoms with van der Waals surface area (Å²) in [5.74, 6) is -0.791. The maximum Gasteiger partial charge on any atom is 0.300 e. The third-order valence-corrected chi connectivity index (χ3v) is 7.24. The van der Waals surface area contributed by atoms with Crippen LogP contribution in [0.2, 0.25) is 0 Å². The summed E-state index contributed by atoms with van der Waals surface area (Å²) in [5, 5.41) is 19.4. The molecule has 4 aromatic rings. The predicted molar refractivity (Wildman–Crippen MR) is 131 cm³/mol. The third kappa shape index (κ3) is 5.17. The van der Waals surface area contributed by atoms with Crippen LogP contribution < -0.4 is 10.6 Å². The first-order valence-corrected chi connectivity index (χ1v) is 12.7. The Labute approximate surface area is 210 Å². The number of anilines is 3. The summed E-state index contributed by atoms with van der Waals surface area (Å²) < 4.78 is 55.6. The highest BCUT2D eigenvalue weighted by Gasteiger charge is 2.23. The van der Waals surface area contributed by atoms with Crippen molar-refractivity contribution in [3.63, 3.8) is 0 Å². The predicted octanol–water partition coefficient (Wildman–Crippen LogP) is 4.15. The van der Waals surface area contributed by atoms with Crippen LogP contribution in [-0.2, 0) is 9.84 Å². The molecule has 1 aliphatic heterocycles. The molecular weight excluding hydrogens is 506 g/mol. The van der Waals surface area contributed by atoms with E-state index < -0.39 is 28.1 Å². The van der Waals surface area contributed by atoms with Crippen LogP contribution in [0.25, 0.3) is 17.5 Å². The Bertz CT molecular complexity index is 1560. The molecule has 0 radical (unpaired) electrons. The number of nitrogens with zero attached hydrogens (tertiary/aromatic N) is 4. The number of aliphatic hydroxyl groups excluding tert-OH is 1. The molecule has 0 amide bonds. The van der Waals surface area contributed by atoms with Gasteiger partial charge in [-0.25, -0.2) is 22.2 Å². The van der Waals surface area contributed by atoms with E-state index in [9.17, 15) is 22.3 Å². The molecule has 3 N–H and O–H groups in total. The van der Waals surface area contributed by atoms with Crippen LogP contribution in [0, 0.1) is 0 Å². The van der Waals surface area contributed by atoms with Crippen LogP contribution in [0.4, 0.5) is 26.2 Å². The zero-order valence-electron chi connectivity index (χ0n) is 19.0. The molecule has 0 saturated heterocycles. The summed E-state index contributed by atoms with van der Waals surface area (Å²) in [7, 11) is -3.38. The van der Waals surface area contributed by atoms with Crippen LogP contribution in [0.15, 0.2) is 70.2 Å². The Morgan fingerprint density at radius 3 is 2.65 bits per heavy atom. The number of alkyl halides is 2. The number of aliphatic hydroxyl groups is 1. The molecule has 0 bridgehead atoms. The molecule has 2 aromatic heterocycles. The van der Waals surface area contributed by atoms with Gasteiger partial charge in [-0.2, -0.15) is 9.97 Å². The first-order valence-electron chi connectivity index (χ1n) is 11.1. The van der Waals surface area contributed by atoms with Gasteiger partial charge in [-0.05, 0) is 29.3 Å². The minimum atomic E-state index is -3.38. The van der Waals surface area contributed by atoms with Crippen molar-refractivity contribution in [3.8, 4) is 11.5 Å². The van der Waals surface area contributed by atoms with Crippen LogP contribution in [-0.4, -0.2) is 46.0 Å². The fourth-order valence-corrected chi connectivity index (χ4v) is 5.08. The van der Waals surface area contributed by atoms with Crippen LogP contribution in [0.3, 0.4) is 0 Å². The zero-order chi connectivity index (χ0) is 26.0. The number of sulfone groups is 1. The minimum Gasteiger partial charge on any atom is -0.394 e. The van der Waals surface area contributed by atoms with Gasteiger partial charge in [-0.1, -0.05) is 47.6 Å². The van der Waals surface area contributed by atoms with Gasteiger partial charge in [0.05, 0.1) is 23.3 Å². The number of benzene rings is 2. The van der Waals surface area contributed by atoms with Crippen molar-refractivity contribution in [2.75, 3.05) is 23.0 Å². The second-order valence-electron chi connectivity index (χ2n) is 8.07. The molecule has 0 unspecified atom stereocenters. The topological polar surface area (TPSA) is 143 Å². The summed E-state index contributed by atoms with van der Waals surface area (Å²) in [4.78, 5) is 12.7. The van der Waals surface area contributed by atoms with E-state index in [1.165, 1.54) is 12.3 Å². The normalized spacial score (nSPS) is 14.8. The van der Waals surface area contributed by atoms with Crippen molar-refractivity contribution < 1.29 is 26.8 Å². The number of hydrogen-bond donors (Lipinski definition) is 3. The van der Waals surface area contributed by atoms with Crippen molar-refractivity contribution in [1.29, 1.82) is 0 Å². The van der Waals surface area contributed by atoms with E-state index >= 15 is 0 Å². The standard InChI is InChI=1S/C24H20F2N6O4S/c25-20(26)22-30-23(36-32-22)17-12-27-24(31-21(17)29-18(13-33)14-5-2-1-3-6-14)28-16-8-9-19-15(11-16)7-4-10-37(19,34)35/h1-9,11-12,18,20,33H,10,13H2,(H2,27,28,29,31)/t18-/m1/s1. The molecule has 37 heavy (non-hydrogen) atoms. The van der Waals surface area contributed by atoms with Crippen LogP contribution in [0.5, 0.6) is 0 Å². The fourth-order valence-electron chi connectivity index (χ4n) is 3.79. The highest BCUT2D eigenvalue weighted by Crippen LogP contribution is 2.32. The van der Waals surface area contributed by atoms with E-state index in [-0.39, 0.29) is 40.5 Å². The SMILES string of the molecule is O=S1(=O)CC=Cc2cc(Nc3ncc(-c4nc(C(F)F)no4)c(N[C@H](CO)c4ccccc4)n3)ccc21. The van der Waals surface area contributed by atoms with Crippen molar-refractivity contribution >= 4 is 33.4 Å². The molecule has 0 aliphatic carbocycles. The van der Waals surface area contributed by atoms with Gasteiger partial charge < -0.3 is 20.3 Å². The van der Waals surface area contributed by atoms with Gasteiger partial charge in [-0.15, -0.1) is 0 Å². The molecule has 0 spiro atoms. The van der Waals surface area contributed by atoms with E-state index in [0.29, 0.717) is 11.3 Å². The molecule has 5 rings (SSSR count). The summed E-state index contributed by atoms with van der Waals surface area (Å²) in [5.41, 5.74) is 1.96. The molecule has 1 atom stereocenters. The lowest BCUT2D eigenvalue weighted by molar-refractivity contribution is 0.136. The second kappa shape index (κ2) is 10.0. The lowest BCUT2D eigenvalue weighted by Crippen LogP contribution is -2.17. The quantitative estimate of drug-likeness (QED) is 0.306. The fraction of sp³-hybridized carbons (Fsp3) is 0.167. The molecule has 190 valence electrons. The number of fused-ring (bicyclic) bond motifs is 1. The maximum atomic E-state index is 13.0. The Kier molecular flexibility index (Phi) is 6.63. The molecule has 0 fully saturated rings. The molecule has 3 heterocycles. The number of halogens is 2. The second-order valence-corrected chi connectivity index (χ2v) is 10.1. The van der Waals surface area contributed by atoms with Gasteiger partial charge in [-0.3, -0.25) is 0 Å². The largest absolute Gasteiger partial charge is 0.394 e. The van der Waals surface area contributed by atoms with E-state index in [2.05, 4.69) is 30.7 Å². The Hall–Kier alpha value is -4.23. The van der Waals surface area contributed by atoms with Gasteiger partial charge in [0.15, 0.2) is 9.84 Å². The summed E-state index contributed by atoms with van der Waals surface area (Å²) >= 11 is 0. The van der Waals surface area contributed by atoms with E-state index in [1.54, 1.807) is 24.3 Å². The Morgan fingerprint density at radius 1 is 1.11 bits per heavy atom. The molecule has 13 heteroatoms. The number of rotatable bonds is 8. The van der Waals surface area contributed by atoms with Gasteiger partial charge in [0.25, 0.3) is 5.89 Å². The Balaban J connectivity index is 1.50. The number of hydrogen-bond acceptors (Lipinski definition) is 10. The highest BCUT2D eigenvalue weighted by atomic mass is 32.2. The monoisotopic (exact) mass is 526 g/mol. The lowest BCUT2D eigenvalue weighted by Gasteiger charge is -2.19. The van der Waals surface area contributed by atoms with Gasteiger partial charge in [0.2, 0.25) is 11.8 Å². The van der Waals surface area contributed by atoms with E-state index in [4.69, 9.17) is 4.52 Å². The molecular formula is C24H20F2N6O4S. The Morgan fingerprint density at radius 2 is 1.92 bits per heavy atom. The van der Waals surface area contributed by atoms with Crippen LogP contribution in [0.1, 0.15) is 29.4 Å². The zero-order valence-corrected chi connectivity index (χ0v) is 19.9. The summed E-state index contributed by atoms with van der Waals surface area (Å²) in [6.45, 7) is -0.298. The van der Waals surface area contributed by atoms with Gasteiger partial charge in [0.1, 0.15) is 11.4 Å². The molecule has 1 aliphatic rings. The van der Waals surface area contributed by atoms with Crippen molar-refractivity contribution in [3.05, 3.63) is 77.8 Å². The summed E-state index contributed by atoms with van der Waals surface area (Å²) in [6, 6.07) is 13.2. The average molecular weight is 527 g/mol. The summed E-state index contributed by atoms with van der Waals surface area (Å²) in [6.07, 6.45) is 1.70. The van der Waals surface area contributed by atoms with Gasteiger partial charge in [0, 0.05) is 11.9 Å². The average Bonchev–Trinajstić information content (AvgIpc) is 3.38. The first kappa shape index (κ1) is 24.5. The molecule has 2 aromatic carbocycles. The van der Waals surface area contributed by atoms with Crippen molar-refractivity contribution in [2.45, 2.75) is 17.4 Å². The lowest BCUT2D eigenvalue weighted by atomic mass is 10.1. The molecule has 0 saturated carbocycles. The first-order chi connectivity index (χ1) is 17.8. The number of aromatic nitrogens is 4. The van der Waals surface area contributed by atoms with Crippen molar-refractivity contribution in [2.24, 2.45) is 0 Å². The van der Waals surface area contributed by atoms with Gasteiger partial charge >= 0.3 is 6.43 Å². The highest BCUT2D eigenvalue weighted by molar-refractivity contribution is 7.91. The smallest absolute Gasteiger partial charge is 0.300 e. The van der Waals surface area contributed by atoms with Crippen molar-refractivity contribution in [1.82, 2.24) is 20.1 Å². The molecule has 10 nitrogen and oxygen atoms in total. The maximum absolute atomic E-state index is 13.0. The minimum absolute atomic E-state index is 0.0528. The third-order valence-electron chi connectivity index (χ3n) is 5.57. The van der Waals surface area contributed by atoms with E-state index in [0.717, 1.165) is 5.56 Å².